The number of rotatable bonds is 4. The normalized spacial score (nSPS) is 18.5. The number of carbonyl (C=O) groups excluding carboxylic acids is 1. The maximum absolute atomic E-state index is 11.5. The fourth-order valence-electron chi connectivity index (χ4n) is 1.55. The lowest BCUT2D eigenvalue weighted by molar-refractivity contribution is -0.115. The zero-order valence-corrected chi connectivity index (χ0v) is 10.5. The number of hydrogen-bond donors (Lipinski definition) is 2. The first kappa shape index (κ1) is 12.3. The molecule has 1 aliphatic rings. The molecule has 0 radical (unpaired) electrons. The molecule has 0 saturated carbocycles. The van der Waals surface area contributed by atoms with Crippen LogP contribution in [0.15, 0.2) is 23.1 Å². The smallest absolute Gasteiger partial charge is 0.237 e. The molecule has 0 spiro atoms. The summed E-state index contributed by atoms with van der Waals surface area (Å²) in [6, 6.07) is 5.77. The van der Waals surface area contributed by atoms with Crippen LogP contribution in [0.25, 0.3) is 0 Å². The molecule has 0 aliphatic carbocycles. The molecule has 1 amide bonds. The predicted octanol–water partition coefficient (Wildman–Crippen LogP) is 1.85. The lowest BCUT2D eigenvalue weighted by Gasteiger charge is -2.21. The van der Waals surface area contributed by atoms with E-state index >= 15 is 0 Å². The second-order valence-electron chi connectivity index (χ2n) is 3.90. The molecule has 1 unspecified atom stereocenters. The summed E-state index contributed by atoms with van der Waals surface area (Å²) in [6.45, 7) is 3.12. The molecule has 1 aromatic carbocycles. The van der Waals surface area contributed by atoms with Crippen molar-refractivity contribution in [2.24, 2.45) is 5.73 Å². The standard InChI is InChI=1S/C12H16N2O2S/c1-8-12(15)14-10-7-9(16-6-2-5-13)3-4-11(10)17-8/h3-4,7-8H,2,5-6,13H2,1H3,(H,14,15). The van der Waals surface area contributed by atoms with Crippen molar-refractivity contribution in [3.05, 3.63) is 18.2 Å². The van der Waals surface area contributed by atoms with Gasteiger partial charge in [-0.3, -0.25) is 4.79 Å². The maximum Gasteiger partial charge on any atom is 0.237 e. The van der Waals surface area contributed by atoms with E-state index in [4.69, 9.17) is 10.5 Å². The van der Waals surface area contributed by atoms with E-state index in [1.54, 1.807) is 11.8 Å². The van der Waals surface area contributed by atoms with Crippen LogP contribution in [0.4, 0.5) is 5.69 Å². The largest absolute Gasteiger partial charge is 0.493 e. The summed E-state index contributed by atoms with van der Waals surface area (Å²) in [6.07, 6.45) is 0.829. The molecule has 0 aromatic heterocycles. The summed E-state index contributed by atoms with van der Waals surface area (Å²) in [4.78, 5) is 12.6. The summed E-state index contributed by atoms with van der Waals surface area (Å²) in [7, 11) is 0. The van der Waals surface area contributed by atoms with E-state index in [-0.39, 0.29) is 11.2 Å². The molecule has 1 atom stereocenters. The summed E-state index contributed by atoms with van der Waals surface area (Å²) in [5, 5.41) is 2.84. The van der Waals surface area contributed by atoms with Crippen LogP contribution in [0.5, 0.6) is 5.75 Å². The van der Waals surface area contributed by atoms with Crippen molar-refractivity contribution in [3.8, 4) is 5.75 Å². The number of amides is 1. The van der Waals surface area contributed by atoms with E-state index in [1.165, 1.54) is 0 Å². The van der Waals surface area contributed by atoms with Crippen LogP contribution in [0.2, 0.25) is 0 Å². The quantitative estimate of drug-likeness (QED) is 0.803. The Balaban J connectivity index is 2.09. The number of ether oxygens (including phenoxy) is 1. The summed E-state index contributed by atoms with van der Waals surface area (Å²) in [5.41, 5.74) is 6.23. The molecule has 17 heavy (non-hydrogen) atoms. The van der Waals surface area contributed by atoms with Gasteiger partial charge in [0, 0.05) is 11.0 Å². The molecular formula is C12H16N2O2S. The maximum atomic E-state index is 11.5. The van der Waals surface area contributed by atoms with Crippen molar-refractivity contribution >= 4 is 23.4 Å². The van der Waals surface area contributed by atoms with Crippen LogP contribution >= 0.6 is 11.8 Å². The zero-order valence-electron chi connectivity index (χ0n) is 9.73. The number of anilines is 1. The van der Waals surface area contributed by atoms with Crippen LogP contribution in [0.3, 0.4) is 0 Å². The number of carbonyl (C=O) groups is 1. The number of nitrogens with one attached hydrogen (secondary N) is 1. The summed E-state index contributed by atoms with van der Waals surface area (Å²) >= 11 is 1.57. The zero-order chi connectivity index (χ0) is 12.3. The van der Waals surface area contributed by atoms with Crippen LogP contribution in [-0.4, -0.2) is 24.3 Å². The molecule has 1 heterocycles. The van der Waals surface area contributed by atoms with Crippen molar-refractivity contribution in [2.45, 2.75) is 23.5 Å². The number of fused-ring (bicyclic) bond motifs is 1. The van der Waals surface area contributed by atoms with Crippen molar-refractivity contribution in [1.29, 1.82) is 0 Å². The van der Waals surface area contributed by atoms with Gasteiger partial charge >= 0.3 is 0 Å². The Labute approximate surface area is 105 Å². The third kappa shape index (κ3) is 2.92. The number of thioether (sulfide) groups is 1. The molecule has 4 nitrogen and oxygen atoms in total. The van der Waals surface area contributed by atoms with Gasteiger partial charge in [0.1, 0.15) is 5.75 Å². The van der Waals surface area contributed by atoms with E-state index in [0.29, 0.717) is 13.2 Å². The van der Waals surface area contributed by atoms with Gasteiger partial charge in [0.15, 0.2) is 0 Å². The van der Waals surface area contributed by atoms with Gasteiger partial charge in [0.05, 0.1) is 17.5 Å². The molecule has 3 N–H and O–H groups in total. The van der Waals surface area contributed by atoms with E-state index in [9.17, 15) is 4.79 Å². The SMILES string of the molecule is CC1Sc2ccc(OCCCN)cc2NC1=O. The van der Waals surface area contributed by atoms with Gasteiger partial charge in [0.2, 0.25) is 5.91 Å². The molecule has 2 rings (SSSR count). The fraction of sp³-hybridized carbons (Fsp3) is 0.417. The molecule has 0 saturated heterocycles. The molecule has 5 heteroatoms. The van der Waals surface area contributed by atoms with E-state index in [1.807, 2.05) is 25.1 Å². The Kier molecular flexibility index (Phi) is 3.91. The molecule has 1 aliphatic heterocycles. The highest BCUT2D eigenvalue weighted by Crippen LogP contribution is 2.37. The van der Waals surface area contributed by atoms with Crippen molar-refractivity contribution in [2.75, 3.05) is 18.5 Å². The molecule has 0 bridgehead atoms. The van der Waals surface area contributed by atoms with Gasteiger partial charge in [-0.1, -0.05) is 0 Å². The minimum absolute atomic E-state index is 0.0356. The Morgan fingerprint density at radius 1 is 1.53 bits per heavy atom. The topological polar surface area (TPSA) is 64.3 Å². The van der Waals surface area contributed by atoms with Crippen LogP contribution in [-0.2, 0) is 4.79 Å². The van der Waals surface area contributed by atoms with Gasteiger partial charge in [0.25, 0.3) is 0 Å². The summed E-state index contributed by atoms with van der Waals surface area (Å²) in [5.74, 6) is 0.814. The molecule has 1 aromatic rings. The molecule has 0 fully saturated rings. The number of benzene rings is 1. The van der Waals surface area contributed by atoms with Gasteiger partial charge < -0.3 is 15.8 Å². The van der Waals surface area contributed by atoms with Crippen LogP contribution < -0.4 is 15.8 Å². The monoisotopic (exact) mass is 252 g/mol. The third-order valence-corrected chi connectivity index (χ3v) is 3.68. The molecular weight excluding hydrogens is 236 g/mol. The van der Waals surface area contributed by atoms with Crippen molar-refractivity contribution in [3.63, 3.8) is 0 Å². The third-order valence-electron chi connectivity index (χ3n) is 2.50. The minimum Gasteiger partial charge on any atom is -0.493 e. The first-order chi connectivity index (χ1) is 8.20. The van der Waals surface area contributed by atoms with Gasteiger partial charge in [-0.25, -0.2) is 0 Å². The van der Waals surface area contributed by atoms with Crippen molar-refractivity contribution < 1.29 is 9.53 Å². The lowest BCUT2D eigenvalue weighted by atomic mass is 10.2. The Morgan fingerprint density at radius 3 is 3.12 bits per heavy atom. The minimum atomic E-state index is -0.0356. The highest BCUT2D eigenvalue weighted by molar-refractivity contribution is 8.00. The van der Waals surface area contributed by atoms with Crippen LogP contribution in [0.1, 0.15) is 13.3 Å². The van der Waals surface area contributed by atoms with Gasteiger partial charge in [-0.05, 0) is 32.0 Å². The Bertz CT molecular complexity index is 423. The van der Waals surface area contributed by atoms with Gasteiger partial charge in [-0.2, -0.15) is 0 Å². The van der Waals surface area contributed by atoms with Crippen molar-refractivity contribution in [1.82, 2.24) is 0 Å². The average Bonchev–Trinajstić information content (AvgIpc) is 2.31. The van der Waals surface area contributed by atoms with E-state index < -0.39 is 0 Å². The first-order valence-corrected chi connectivity index (χ1v) is 6.53. The number of hydrogen-bond acceptors (Lipinski definition) is 4. The lowest BCUT2D eigenvalue weighted by Crippen LogP contribution is -2.26. The second kappa shape index (κ2) is 5.42. The number of nitrogens with two attached hydrogens (primary N) is 1. The first-order valence-electron chi connectivity index (χ1n) is 5.65. The van der Waals surface area contributed by atoms with E-state index in [0.717, 1.165) is 22.8 Å². The fourth-order valence-corrected chi connectivity index (χ4v) is 2.48. The average molecular weight is 252 g/mol. The summed E-state index contributed by atoms with van der Waals surface area (Å²) < 4.78 is 5.53. The van der Waals surface area contributed by atoms with Gasteiger partial charge in [-0.15, -0.1) is 11.8 Å². The Morgan fingerprint density at radius 2 is 2.35 bits per heavy atom. The highest BCUT2D eigenvalue weighted by atomic mass is 32.2. The second-order valence-corrected chi connectivity index (χ2v) is 5.28. The van der Waals surface area contributed by atoms with E-state index in [2.05, 4.69) is 5.32 Å². The molecule has 92 valence electrons. The Hall–Kier alpha value is -1.20. The van der Waals surface area contributed by atoms with Crippen LogP contribution in [0, 0.1) is 0 Å². The predicted molar refractivity (Wildman–Crippen MR) is 69.6 cm³/mol. The highest BCUT2D eigenvalue weighted by Gasteiger charge is 2.22.